The summed E-state index contributed by atoms with van der Waals surface area (Å²) >= 11 is 6.22. The number of halogens is 1. The predicted octanol–water partition coefficient (Wildman–Crippen LogP) is 4.94. The zero-order chi connectivity index (χ0) is 26.3. The maximum atomic E-state index is 6.44. The third-order valence-electron chi connectivity index (χ3n) is 8.23. The quantitative estimate of drug-likeness (QED) is 0.335. The first-order valence-electron chi connectivity index (χ1n) is 13.6. The molecule has 10 heteroatoms. The van der Waals surface area contributed by atoms with Crippen LogP contribution in [0.1, 0.15) is 37.3 Å². The van der Waals surface area contributed by atoms with Gasteiger partial charge in [-0.3, -0.25) is 9.58 Å². The summed E-state index contributed by atoms with van der Waals surface area (Å²) in [5.41, 5.74) is 11.2. The summed E-state index contributed by atoms with van der Waals surface area (Å²) in [6, 6.07) is 15.1. The molecule has 0 amide bonds. The Morgan fingerprint density at radius 2 is 1.79 bits per heavy atom. The van der Waals surface area contributed by atoms with E-state index in [-0.39, 0.29) is 6.04 Å². The Morgan fingerprint density at radius 3 is 2.62 bits per heavy atom. The van der Waals surface area contributed by atoms with E-state index in [4.69, 9.17) is 27.2 Å². The molecule has 1 aliphatic heterocycles. The summed E-state index contributed by atoms with van der Waals surface area (Å²) in [6.07, 6.45) is 7.86. The highest BCUT2D eigenvalue weighted by Crippen LogP contribution is 2.37. The number of nitrogen functional groups attached to an aromatic ring is 1. The van der Waals surface area contributed by atoms with Crippen LogP contribution in [0.2, 0.25) is 5.02 Å². The summed E-state index contributed by atoms with van der Waals surface area (Å²) in [6.45, 7) is 4.37. The molecular formula is C29H31ClN8O. The van der Waals surface area contributed by atoms with E-state index in [1.807, 2.05) is 29.1 Å². The minimum absolute atomic E-state index is 0.282. The monoisotopic (exact) mass is 542 g/mol. The zero-order valence-electron chi connectivity index (χ0n) is 21.7. The van der Waals surface area contributed by atoms with Crippen LogP contribution in [0.5, 0.6) is 0 Å². The van der Waals surface area contributed by atoms with Gasteiger partial charge in [0.15, 0.2) is 5.65 Å². The minimum atomic E-state index is 0.282. The van der Waals surface area contributed by atoms with Crippen LogP contribution in [-0.2, 0) is 11.3 Å². The summed E-state index contributed by atoms with van der Waals surface area (Å²) in [7, 11) is 0. The molecule has 2 aromatic carbocycles. The molecule has 0 unspecified atom stereocenters. The van der Waals surface area contributed by atoms with Gasteiger partial charge in [0.25, 0.3) is 0 Å². The average Bonchev–Trinajstić information content (AvgIpc) is 3.56. The van der Waals surface area contributed by atoms with Crippen molar-refractivity contribution in [1.82, 2.24) is 34.4 Å². The van der Waals surface area contributed by atoms with Crippen LogP contribution in [0.4, 0.5) is 5.82 Å². The van der Waals surface area contributed by atoms with E-state index in [2.05, 4.69) is 48.9 Å². The van der Waals surface area contributed by atoms with Gasteiger partial charge in [0, 0.05) is 35.1 Å². The Hall–Kier alpha value is -3.53. The number of nitrogens with zero attached hydrogens (tertiary/aromatic N) is 7. The minimum Gasteiger partial charge on any atom is -0.383 e. The number of anilines is 1. The second-order valence-electron chi connectivity index (χ2n) is 10.6. The average molecular weight is 543 g/mol. The molecule has 0 radical (unpaired) electrons. The fourth-order valence-corrected chi connectivity index (χ4v) is 6.43. The summed E-state index contributed by atoms with van der Waals surface area (Å²) in [5.74, 6) is 0.454. The van der Waals surface area contributed by atoms with Crippen LogP contribution in [0.3, 0.4) is 0 Å². The lowest BCUT2D eigenvalue weighted by atomic mass is 9.90. The molecule has 4 heterocycles. The Bertz CT molecular complexity index is 1630. The number of aromatic nitrogens is 6. The summed E-state index contributed by atoms with van der Waals surface area (Å²) in [5, 5.41) is 12.4. The van der Waals surface area contributed by atoms with Crippen LogP contribution in [0.15, 0.2) is 55.0 Å². The number of nitrogens with two attached hydrogens (primary N) is 1. The maximum absolute atomic E-state index is 6.44. The summed E-state index contributed by atoms with van der Waals surface area (Å²) < 4.78 is 9.66. The van der Waals surface area contributed by atoms with Crippen molar-refractivity contribution in [3.8, 4) is 11.3 Å². The molecule has 2 N–H and O–H groups in total. The smallest absolute Gasteiger partial charge is 0.164 e. The lowest BCUT2D eigenvalue weighted by Crippen LogP contribution is -2.45. The third kappa shape index (κ3) is 4.64. The molecule has 0 spiro atoms. The molecule has 9 nitrogen and oxygen atoms in total. The highest BCUT2D eigenvalue weighted by Gasteiger charge is 2.30. The van der Waals surface area contributed by atoms with Gasteiger partial charge in [0.2, 0.25) is 0 Å². The van der Waals surface area contributed by atoms with Crippen LogP contribution >= 0.6 is 11.6 Å². The highest BCUT2D eigenvalue weighted by atomic mass is 35.5. The molecule has 0 atom stereocenters. The lowest BCUT2D eigenvalue weighted by Gasteiger charge is -2.38. The second kappa shape index (κ2) is 10.2. The van der Waals surface area contributed by atoms with Gasteiger partial charge in [0.05, 0.1) is 42.9 Å². The highest BCUT2D eigenvalue weighted by molar-refractivity contribution is 6.30. The van der Waals surface area contributed by atoms with E-state index in [9.17, 15) is 0 Å². The molecule has 0 bridgehead atoms. The fourth-order valence-electron chi connectivity index (χ4n) is 6.21. The van der Waals surface area contributed by atoms with Gasteiger partial charge in [-0.1, -0.05) is 35.9 Å². The fraction of sp³-hybridized carbons (Fsp3) is 0.379. The summed E-state index contributed by atoms with van der Waals surface area (Å²) in [4.78, 5) is 11.6. The number of benzene rings is 2. The van der Waals surface area contributed by atoms with Gasteiger partial charge < -0.3 is 10.5 Å². The van der Waals surface area contributed by atoms with Crippen molar-refractivity contribution in [2.45, 2.75) is 44.3 Å². The molecule has 39 heavy (non-hydrogen) atoms. The Labute approximate surface area is 231 Å². The largest absolute Gasteiger partial charge is 0.383 e. The van der Waals surface area contributed by atoms with Crippen LogP contribution in [0, 0.1) is 0 Å². The standard InChI is InChI=1S/C29H31ClN8O/c30-22-3-1-2-19(14-22)17-37-25-15-20(4-5-21(25)16-34-37)27-26-28(31)32-18-33-29(26)38(35-27)24-8-6-23(7-9-24)36-10-12-39-13-11-36/h1-5,14-16,18,23-24H,6-13,17H2,(H2,31,32,33)/t23-,24-. The number of ether oxygens (including phenoxy) is 1. The van der Waals surface area contributed by atoms with Gasteiger partial charge >= 0.3 is 0 Å². The van der Waals surface area contributed by atoms with Crippen molar-refractivity contribution in [1.29, 1.82) is 0 Å². The second-order valence-corrected chi connectivity index (χ2v) is 11.0. The van der Waals surface area contributed by atoms with Crippen LogP contribution in [-0.4, -0.2) is 66.8 Å². The van der Waals surface area contributed by atoms with Crippen molar-refractivity contribution in [3.63, 3.8) is 0 Å². The third-order valence-corrected chi connectivity index (χ3v) is 8.47. The van der Waals surface area contributed by atoms with E-state index in [1.165, 1.54) is 0 Å². The molecule has 2 fully saturated rings. The van der Waals surface area contributed by atoms with Crippen LogP contribution in [0.25, 0.3) is 33.2 Å². The van der Waals surface area contributed by atoms with E-state index in [0.29, 0.717) is 18.4 Å². The van der Waals surface area contributed by atoms with Gasteiger partial charge in [-0.2, -0.15) is 10.2 Å². The lowest BCUT2D eigenvalue weighted by molar-refractivity contribution is 0.00520. The maximum Gasteiger partial charge on any atom is 0.164 e. The van der Waals surface area contributed by atoms with E-state index in [0.717, 1.165) is 95.8 Å². The first-order valence-corrected chi connectivity index (χ1v) is 14.0. The van der Waals surface area contributed by atoms with Crippen molar-refractivity contribution in [2.75, 3.05) is 32.0 Å². The normalized spacial score (nSPS) is 20.6. The van der Waals surface area contributed by atoms with E-state index in [1.54, 1.807) is 6.33 Å². The topological polar surface area (TPSA) is 99.9 Å². The Kier molecular flexibility index (Phi) is 6.42. The number of rotatable bonds is 5. The van der Waals surface area contributed by atoms with Crippen LogP contribution < -0.4 is 5.73 Å². The first kappa shape index (κ1) is 24.5. The van der Waals surface area contributed by atoms with Crippen molar-refractivity contribution in [2.24, 2.45) is 0 Å². The van der Waals surface area contributed by atoms with Crippen molar-refractivity contribution in [3.05, 3.63) is 65.6 Å². The van der Waals surface area contributed by atoms with Crippen molar-refractivity contribution < 1.29 is 4.74 Å². The van der Waals surface area contributed by atoms with E-state index < -0.39 is 0 Å². The number of hydrogen-bond donors (Lipinski definition) is 1. The molecule has 7 rings (SSSR count). The van der Waals surface area contributed by atoms with E-state index >= 15 is 0 Å². The molecular weight excluding hydrogens is 512 g/mol. The molecule has 2 aliphatic rings. The predicted molar refractivity (Wildman–Crippen MR) is 153 cm³/mol. The number of hydrogen-bond acceptors (Lipinski definition) is 7. The molecule has 200 valence electrons. The molecule has 5 aromatic rings. The number of morpholine rings is 1. The Balaban J connectivity index is 1.22. The van der Waals surface area contributed by atoms with Gasteiger partial charge in [-0.05, 0) is 49.4 Å². The molecule has 1 aliphatic carbocycles. The van der Waals surface area contributed by atoms with Gasteiger partial charge in [-0.15, -0.1) is 0 Å². The molecule has 1 saturated carbocycles. The van der Waals surface area contributed by atoms with Gasteiger partial charge in [-0.25, -0.2) is 14.6 Å². The van der Waals surface area contributed by atoms with Crippen molar-refractivity contribution >= 4 is 39.4 Å². The zero-order valence-corrected chi connectivity index (χ0v) is 22.5. The van der Waals surface area contributed by atoms with Gasteiger partial charge in [0.1, 0.15) is 17.8 Å². The molecule has 3 aromatic heterocycles. The SMILES string of the molecule is Nc1ncnc2c1c(-c1ccc3cnn(Cc4cccc(Cl)c4)c3c1)nn2[C@H]1CC[C@H](N2CCOCC2)CC1. The number of fused-ring (bicyclic) bond motifs is 2. The first-order chi connectivity index (χ1) is 19.1. The Morgan fingerprint density at radius 1 is 0.974 bits per heavy atom. The molecule has 1 saturated heterocycles.